The lowest BCUT2D eigenvalue weighted by molar-refractivity contribution is 0.262. The fraction of sp³-hybridized carbons (Fsp3) is 0.133. The highest BCUT2D eigenvalue weighted by Crippen LogP contribution is 2.24. The topological polar surface area (TPSA) is 41.1 Å². The Balaban J connectivity index is 2.01. The number of hydrogen-bond acceptors (Lipinski definition) is 1. The number of urea groups is 1. The lowest BCUT2D eigenvalue weighted by atomic mass is 10.1. The molecule has 2 amide bonds. The van der Waals surface area contributed by atoms with Crippen molar-refractivity contribution in [3.8, 4) is 0 Å². The summed E-state index contributed by atoms with van der Waals surface area (Å²) in [6.45, 7) is 2.04. The number of hydrogen-bond donors (Lipinski definition) is 2. The number of carbonyl (C=O) groups is 1. The third kappa shape index (κ3) is 4.10. The van der Waals surface area contributed by atoms with Gasteiger partial charge in [0.05, 0.1) is 0 Å². The molecule has 2 aromatic carbocycles. The zero-order valence-electron chi connectivity index (χ0n) is 10.6. The van der Waals surface area contributed by atoms with Gasteiger partial charge in [0.25, 0.3) is 0 Å². The number of halogens is 1. The van der Waals surface area contributed by atoms with Crippen LogP contribution in [0.5, 0.6) is 0 Å². The summed E-state index contributed by atoms with van der Waals surface area (Å²) in [7, 11) is 0. The summed E-state index contributed by atoms with van der Waals surface area (Å²) in [5.74, 6) is 0. The highest BCUT2D eigenvalue weighted by molar-refractivity contribution is 9.09. The summed E-state index contributed by atoms with van der Waals surface area (Å²) in [6.07, 6.45) is 0. The van der Waals surface area contributed by atoms with Gasteiger partial charge in [-0.15, -0.1) is 0 Å². The van der Waals surface area contributed by atoms with E-state index in [-0.39, 0.29) is 10.9 Å². The molecule has 19 heavy (non-hydrogen) atoms. The van der Waals surface area contributed by atoms with E-state index in [9.17, 15) is 4.79 Å². The van der Waals surface area contributed by atoms with Gasteiger partial charge in [0.1, 0.15) is 0 Å². The zero-order valence-corrected chi connectivity index (χ0v) is 12.1. The molecule has 1 atom stereocenters. The summed E-state index contributed by atoms with van der Waals surface area (Å²) in [5.41, 5.74) is 2.67. The second kappa shape index (κ2) is 6.38. The number of amides is 2. The van der Waals surface area contributed by atoms with Crippen molar-refractivity contribution in [1.82, 2.24) is 0 Å². The summed E-state index contributed by atoms with van der Waals surface area (Å²) >= 11 is 3.51. The van der Waals surface area contributed by atoms with E-state index in [1.807, 2.05) is 61.5 Å². The van der Waals surface area contributed by atoms with Crippen LogP contribution in [-0.4, -0.2) is 6.03 Å². The third-order valence-corrected chi connectivity index (χ3v) is 3.16. The first-order valence-electron chi connectivity index (χ1n) is 6.02. The number of anilines is 2. The van der Waals surface area contributed by atoms with Crippen LogP contribution >= 0.6 is 15.9 Å². The Morgan fingerprint density at radius 1 is 1.00 bits per heavy atom. The van der Waals surface area contributed by atoms with Gasteiger partial charge in [-0.25, -0.2) is 4.79 Å². The molecule has 2 aromatic rings. The van der Waals surface area contributed by atoms with Crippen LogP contribution in [0.15, 0.2) is 54.6 Å². The molecule has 4 heteroatoms. The average molecular weight is 319 g/mol. The molecule has 0 saturated heterocycles. The van der Waals surface area contributed by atoms with Crippen molar-refractivity contribution in [3.05, 3.63) is 60.2 Å². The summed E-state index contributed by atoms with van der Waals surface area (Å²) in [4.78, 5) is 12.1. The number of benzene rings is 2. The van der Waals surface area contributed by atoms with Gasteiger partial charge in [-0.3, -0.25) is 0 Å². The molecule has 0 radical (unpaired) electrons. The molecule has 1 unspecified atom stereocenters. The maximum Gasteiger partial charge on any atom is 0.323 e. The van der Waals surface area contributed by atoms with Crippen molar-refractivity contribution in [1.29, 1.82) is 0 Å². The minimum atomic E-state index is -0.245. The molecule has 0 aromatic heterocycles. The Bertz CT molecular complexity index is 555. The molecule has 0 aliphatic rings. The summed E-state index contributed by atoms with van der Waals surface area (Å²) < 4.78 is 0. The lowest BCUT2D eigenvalue weighted by Crippen LogP contribution is -2.19. The van der Waals surface area contributed by atoms with E-state index in [1.54, 1.807) is 0 Å². The van der Waals surface area contributed by atoms with Crippen LogP contribution in [0.25, 0.3) is 0 Å². The van der Waals surface area contributed by atoms with E-state index in [4.69, 9.17) is 0 Å². The normalized spacial score (nSPS) is 11.7. The van der Waals surface area contributed by atoms with Crippen LogP contribution in [0.1, 0.15) is 17.3 Å². The minimum absolute atomic E-state index is 0.245. The molecule has 2 N–H and O–H groups in total. The van der Waals surface area contributed by atoms with Gasteiger partial charge >= 0.3 is 6.03 Å². The highest BCUT2D eigenvalue weighted by Gasteiger charge is 2.05. The van der Waals surface area contributed by atoms with Gasteiger partial charge in [-0.2, -0.15) is 0 Å². The SMILES string of the molecule is CC(Br)c1cccc(NC(=O)Nc2ccccc2)c1. The Labute approximate surface area is 121 Å². The summed E-state index contributed by atoms with van der Waals surface area (Å²) in [5, 5.41) is 5.59. The van der Waals surface area contributed by atoms with E-state index < -0.39 is 0 Å². The molecule has 3 nitrogen and oxygen atoms in total. The van der Waals surface area contributed by atoms with E-state index in [2.05, 4.69) is 26.6 Å². The average Bonchev–Trinajstić information content (AvgIpc) is 2.40. The third-order valence-electron chi connectivity index (χ3n) is 2.64. The first-order valence-corrected chi connectivity index (χ1v) is 6.94. The smallest absolute Gasteiger partial charge is 0.308 e. The van der Waals surface area contributed by atoms with Gasteiger partial charge in [0.15, 0.2) is 0 Å². The van der Waals surface area contributed by atoms with Crippen LogP contribution in [0.4, 0.5) is 16.2 Å². The quantitative estimate of drug-likeness (QED) is 0.785. The van der Waals surface area contributed by atoms with Crippen LogP contribution in [0, 0.1) is 0 Å². The monoisotopic (exact) mass is 318 g/mol. The van der Waals surface area contributed by atoms with E-state index in [1.165, 1.54) is 0 Å². The first-order chi connectivity index (χ1) is 9.15. The van der Waals surface area contributed by atoms with Gasteiger partial charge in [-0.1, -0.05) is 46.3 Å². The van der Waals surface area contributed by atoms with E-state index >= 15 is 0 Å². The van der Waals surface area contributed by atoms with E-state index in [0.717, 1.165) is 16.9 Å². The van der Waals surface area contributed by atoms with Gasteiger partial charge < -0.3 is 10.6 Å². The molecule has 0 saturated carbocycles. The molecule has 0 fully saturated rings. The van der Waals surface area contributed by atoms with Crippen LogP contribution in [0.2, 0.25) is 0 Å². The molecular weight excluding hydrogens is 304 g/mol. The molecule has 0 aliphatic carbocycles. The van der Waals surface area contributed by atoms with Crippen molar-refractivity contribution < 1.29 is 4.79 Å². The Hall–Kier alpha value is -1.81. The van der Waals surface area contributed by atoms with Gasteiger partial charge in [0, 0.05) is 16.2 Å². The van der Waals surface area contributed by atoms with Crippen LogP contribution in [-0.2, 0) is 0 Å². The zero-order chi connectivity index (χ0) is 13.7. The number of alkyl halides is 1. The molecule has 0 bridgehead atoms. The van der Waals surface area contributed by atoms with Crippen molar-refractivity contribution in [2.45, 2.75) is 11.8 Å². The Morgan fingerprint density at radius 2 is 1.63 bits per heavy atom. The Morgan fingerprint density at radius 3 is 2.32 bits per heavy atom. The molecule has 0 heterocycles. The van der Waals surface area contributed by atoms with Crippen LogP contribution in [0.3, 0.4) is 0 Å². The van der Waals surface area contributed by atoms with Crippen molar-refractivity contribution in [3.63, 3.8) is 0 Å². The van der Waals surface area contributed by atoms with E-state index in [0.29, 0.717) is 0 Å². The van der Waals surface area contributed by atoms with Gasteiger partial charge in [0.2, 0.25) is 0 Å². The van der Waals surface area contributed by atoms with Crippen molar-refractivity contribution in [2.75, 3.05) is 10.6 Å². The summed E-state index contributed by atoms with van der Waals surface area (Å²) in [6, 6.07) is 16.9. The molecule has 2 rings (SSSR count). The minimum Gasteiger partial charge on any atom is -0.308 e. The van der Waals surface area contributed by atoms with Crippen molar-refractivity contribution in [2.24, 2.45) is 0 Å². The molecular formula is C15H15BrN2O. The molecule has 0 spiro atoms. The van der Waals surface area contributed by atoms with Gasteiger partial charge in [-0.05, 0) is 36.8 Å². The Kier molecular flexibility index (Phi) is 4.58. The lowest BCUT2D eigenvalue weighted by Gasteiger charge is -2.10. The van der Waals surface area contributed by atoms with Crippen molar-refractivity contribution >= 4 is 33.3 Å². The maximum absolute atomic E-state index is 11.8. The second-order valence-corrected chi connectivity index (χ2v) is 5.56. The number of para-hydroxylation sites is 1. The van der Waals surface area contributed by atoms with Crippen LogP contribution < -0.4 is 10.6 Å². The number of carbonyl (C=O) groups excluding carboxylic acids is 1. The largest absolute Gasteiger partial charge is 0.323 e. The highest BCUT2D eigenvalue weighted by atomic mass is 79.9. The number of rotatable bonds is 3. The predicted octanol–water partition coefficient (Wildman–Crippen LogP) is 4.79. The maximum atomic E-state index is 11.8. The fourth-order valence-electron chi connectivity index (χ4n) is 1.68. The standard InChI is InChI=1S/C15H15BrN2O/c1-11(16)12-6-5-9-14(10-12)18-15(19)17-13-7-3-2-4-8-13/h2-11H,1H3,(H2,17,18,19). The fourth-order valence-corrected chi connectivity index (χ4v) is 1.96. The molecule has 0 aliphatic heterocycles. The second-order valence-electron chi connectivity index (χ2n) is 4.19. The predicted molar refractivity (Wildman–Crippen MR) is 82.9 cm³/mol. The number of nitrogens with one attached hydrogen (secondary N) is 2. The first kappa shape index (κ1) is 13.6. The molecule has 98 valence electrons.